The Bertz CT molecular complexity index is 1150. The van der Waals surface area contributed by atoms with Gasteiger partial charge in [-0.05, 0) is 45.9 Å². The maximum atomic E-state index is 13.4. The van der Waals surface area contributed by atoms with Crippen molar-refractivity contribution >= 4 is 19.2 Å². The molecule has 37 heavy (non-hydrogen) atoms. The summed E-state index contributed by atoms with van der Waals surface area (Å²) in [6.45, 7) is 13.6. The molecule has 0 radical (unpaired) electrons. The molecule has 0 amide bonds. The molecule has 0 saturated heterocycles. The SMILES string of the molecule is CC(C)[Si](OCc1cc2cc(C(C(F)(F)F)C(F)(F)F)ccc2n1Cc1ccccc1)(C(C)C)C(C)C. The molecule has 0 unspecified atom stereocenters. The molecule has 3 aromatic rings. The molecule has 0 bridgehead atoms. The molecule has 1 aromatic heterocycles. The summed E-state index contributed by atoms with van der Waals surface area (Å²) in [6.07, 6.45) is -10.9. The Kier molecular flexibility index (Phi) is 8.59. The van der Waals surface area contributed by atoms with E-state index in [1.165, 1.54) is 6.07 Å². The Morgan fingerprint density at radius 1 is 0.757 bits per heavy atom. The Balaban J connectivity index is 2.13. The topological polar surface area (TPSA) is 14.2 Å². The van der Waals surface area contributed by atoms with Crippen LogP contribution in [0.1, 0.15) is 64.3 Å². The van der Waals surface area contributed by atoms with Gasteiger partial charge in [-0.15, -0.1) is 0 Å². The van der Waals surface area contributed by atoms with Gasteiger partial charge in [0.25, 0.3) is 0 Å². The predicted octanol–water partition coefficient (Wildman–Crippen LogP) is 9.59. The van der Waals surface area contributed by atoms with Crippen LogP contribution < -0.4 is 0 Å². The van der Waals surface area contributed by atoms with Gasteiger partial charge >= 0.3 is 12.4 Å². The van der Waals surface area contributed by atoms with Crippen LogP contribution in [0.25, 0.3) is 10.9 Å². The van der Waals surface area contributed by atoms with Crippen LogP contribution in [0.4, 0.5) is 26.3 Å². The third-order valence-corrected chi connectivity index (χ3v) is 13.4. The van der Waals surface area contributed by atoms with E-state index < -0.39 is 32.2 Å². The highest BCUT2D eigenvalue weighted by Gasteiger charge is 2.57. The number of hydrogen-bond acceptors (Lipinski definition) is 1. The lowest BCUT2D eigenvalue weighted by Crippen LogP contribution is -2.47. The maximum Gasteiger partial charge on any atom is 0.404 e. The predicted molar refractivity (Wildman–Crippen MR) is 138 cm³/mol. The van der Waals surface area contributed by atoms with E-state index in [0.29, 0.717) is 34.1 Å². The normalized spacial score (nSPS) is 13.6. The Labute approximate surface area is 215 Å². The molecule has 9 heteroatoms. The minimum Gasteiger partial charge on any atom is -0.410 e. The van der Waals surface area contributed by atoms with Gasteiger partial charge in [0.1, 0.15) is 0 Å². The number of rotatable bonds is 9. The summed E-state index contributed by atoms with van der Waals surface area (Å²) >= 11 is 0. The van der Waals surface area contributed by atoms with Gasteiger partial charge in [0, 0.05) is 23.1 Å². The standard InChI is InChI=1S/C28H35F6NOSi/c1-18(2)37(19(3)4,20(5)6)36-17-24-15-23-14-22(26(27(29,30)31)28(32,33)34)12-13-25(23)35(24)16-21-10-8-7-9-11-21/h7-15,18-20,26H,16-17H2,1-6H3. The Hall–Kier alpha value is -2.26. The number of fused-ring (bicyclic) bond motifs is 1. The van der Waals surface area contributed by atoms with E-state index in [9.17, 15) is 26.3 Å². The first-order chi connectivity index (χ1) is 17.1. The zero-order valence-corrected chi connectivity index (χ0v) is 23.0. The van der Waals surface area contributed by atoms with Crippen LogP contribution in [0.3, 0.4) is 0 Å². The highest BCUT2D eigenvalue weighted by atomic mass is 28.4. The number of hydrogen-bond donors (Lipinski definition) is 0. The van der Waals surface area contributed by atoms with E-state index >= 15 is 0 Å². The van der Waals surface area contributed by atoms with E-state index in [1.54, 1.807) is 6.07 Å². The quantitative estimate of drug-likeness (QED) is 0.194. The molecule has 0 aliphatic rings. The molecule has 0 atom stereocenters. The smallest absolute Gasteiger partial charge is 0.404 e. The van der Waals surface area contributed by atoms with Crippen molar-refractivity contribution in [1.82, 2.24) is 4.57 Å². The van der Waals surface area contributed by atoms with Crippen molar-refractivity contribution in [2.75, 3.05) is 0 Å². The van der Waals surface area contributed by atoms with E-state index in [1.807, 2.05) is 34.9 Å². The van der Waals surface area contributed by atoms with Crippen molar-refractivity contribution in [3.05, 3.63) is 71.4 Å². The molecule has 0 saturated carbocycles. The van der Waals surface area contributed by atoms with Crippen LogP contribution in [0.2, 0.25) is 16.6 Å². The lowest BCUT2D eigenvalue weighted by Gasteiger charge is -2.42. The van der Waals surface area contributed by atoms with Crippen LogP contribution in [-0.4, -0.2) is 25.2 Å². The molecular formula is C28H35F6NOSi. The minimum atomic E-state index is -5.44. The number of halogens is 6. The van der Waals surface area contributed by atoms with Crippen molar-refractivity contribution < 1.29 is 30.8 Å². The van der Waals surface area contributed by atoms with Crippen molar-refractivity contribution in [1.29, 1.82) is 0 Å². The molecule has 0 aliphatic carbocycles. The molecule has 3 rings (SSSR count). The van der Waals surface area contributed by atoms with E-state index in [2.05, 4.69) is 41.5 Å². The van der Waals surface area contributed by atoms with Gasteiger partial charge in [-0.1, -0.05) is 77.9 Å². The first-order valence-corrected chi connectivity index (χ1v) is 14.7. The lowest BCUT2D eigenvalue weighted by atomic mass is 9.96. The summed E-state index contributed by atoms with van der Waals surface area (Å²) < 4.78 is 89.2. The van der Waals surface area contributed by atoms with Crippen LogP contribution in [0.5, 0.6) is 0 Å². The monoisotopic (exact) mass is 543 g/mol. The second-order valence-electron chi connectivity index (χ2n) is 10.6. The van der Waals surface area contributed by atoms with Gasteiger partial charge in [0.05, 0.1) is 6.61 Å². The molecule has 0 aliphatic heterocycles. The van der Waals surface area contributed by atoms with Gasteiger partial charge in [-0.2, -0.15) is 26.3 Å². The zero-order valence-electron chi connectivity index (χ0n) is 22.0. The fraction of sp³-hybridized carbons (Fsp3) is 0.500. The summed E-state index contributed by atoms with van der Waals surface area (Å²) in [4.78, 5) is 0. The second-order valence-corrected chi connectivity index (χ2v) is 16.1. The molecule has 0 N–H and O–H groups in total. The van der Waals surface area contributed by atoms with Crippen molar-refractivity contribution in [2.24, 2.45) is 0 Å². The second kappa shape index (κ2) is 10.8. The summed E-state index contributed by atoms with van der Waals surface area (Å²) in [5, 5.41) is 0.330. The van der Waals surface area contributed by atoms with Gasteiger partial charge in [-0.25, -0.2) is 0 Å². The first kappa shape index (κ1) is 29.3. The van der Waals surface area contributed by atoms with E-state index in [0.717, 1.165) is 23.4 Å². The highest BCUT2D eigenvalue weighted by molar-refractivity contribution is 6.77. The van der Waals surface area contributed by atoms with Crippen LogP contribution in [-0.2, 0) is 17.6 Å². The molecule has 204 valence electrons. The Morgan fingerprint density at radius 3 is 1.78 bits per heavy atom. The number of alkyl halides is 6. The summed E-state index contributed by atoms with van der Waals surface area (Å²) in [6, 6.07) is 14.5. The van der Waals surface area contributed by atoms with Crippen molar-refractivity contribution in [2.45, 2.75) is 89.6 Å². The minimum absolute atomic E-state index is 0.236. The first-order valence-electron chi connectivity index (χ1n) is 12.5. The molecule has 0 fully saturated rings. The molecule has 0 spiro atoms. The zero-order chi connectivity index (χ0) is 27.8. The number of benzene rings is 2. The number of aromatic nitrogens is 1. The van der Waals surface area contributed by atoms with Crippen LogP contribution in [0.15, 0.2) is 54.6 Å². The third kappa shape index (κ3) is 6.08. The molecule has 2 nitrogen and oxygen atoms in total. The summed E-state index contributed by atoms with van der Waals surface area (Å²) in [7, 11) is -2.26. The van der Waals surface area contributed by atoms with Gasteiger partial charge in [0.15, 0.2) is 5.92 Å². The largest absolute Gasteiger partial charge is 0.410 e. The molecule has 1 heterocycles. The Morgan fingerprint density at radius 2 is 1.30 bits per heavy atom. The fourth-order valence-electron chi connectivity index (χ4n) is 5.86. The highest BCUT2D eigenvalue weighted by Crippen LogP contribution is 2.47. The average Bonchev–Trinajstić information content (AvgIpc) is 3.08. The van der Waals surface area contributed by atoms with E-state index in [-0.39, 0.29) is 6.61 Å². The van der Waals surface area contributed by atoms with Gasteiger partial charge in [0.2, 0.25) is 8.32 Å². The van der Waals surface area contributed by atoms with Crippen LogP contribution in [0, 0.1) is 0 Å². The van der Waals surface area contributed by atoms with Crippen molar-refractivity contribution in [3.8, 4) is 0 Å². The van der Waals surface area contributed by atoms with Gasteiger partial charge in [-0.3, -0.25) is 0 Å². The van der Waals surface area contributed by atoms with E-state index in [4.69, 9.17) is 4.43 Å². The van der Waals surface area contributed by atoms with Gasteiger partial charge < -0.3 is 8.99 Å². The third-order valence-electron chi connectivity index (χ3n) is 7.36. The number of nitrogens with zero attached hydrogens (tertiary/aromatic N) is 1. The molecular weight excluding hydrogens is 508 g/mol. The maximum absolute atomic E-state index is 13.4. The fourth-order valence-corrected chi connectivity index (χ4v) is 11.3. The average molecular weight is 544 g/mol. The summed E-state index contributed by atoms with van der Waals surface area (Å²) in [5.41, 5.74) is 2.42. The summed E-state index contributed by atoms with van der Waals surface area (Å²) in [5.74, 6) is -3.54. The van der Waals surface area contributed by atoms with Crippen molar-refractivity contribution in [3.63, 3.8) is 0 Å². The lowest BCUT2D eigenvalue weighted by molar-refractivity contribution is -0.253. The molecule has 2 aromatic carbocycles. The van der Waals surface area contributed by atoms with Crippen LogP contribution >= 0.6 is 0 Å².